The minimum absolute atomic E-state index is 0.0477. The highest BCUT2D eigenvalue weighted by Gasteiger charge is 2.07. The number of carbonyl (C=O) groups excluding carboxylic acids is 2. The van der Waals surface area contributed by atoms with Gasteiger partial charge in [-0.3, -0.25) is 19.7 Å². The zero-order chi connectivity index (χ0) is 20.6. The molecule has 3 aromatic rings. The molecule has 0 radical (unpaired) electrons. The average Bonchev–Trinajstić information content (AvgIpc) is 3.25. The van der Waals surface area contributed by atoms with Crippen LogP contribution < -0.4 is 10.6 Å². The van der Waals surface area contributed by atoms with Crippen molar-refractivity contribution in [2.24, 2.45) is 0 Å². The largest absolute Gasteiger partial charge is 0.467 e. The maximum Gasteiger partial charge on any atom is 0.270 e. The monoisotopic (exact) mass is 391 g/mol. The first kappa shape index (κ1) is 19.6. The van der Waals surface area contributed by atoms with Gasteiger partial charge in [-0.15, -0.1) is 0 Å². The molecule has 0 bridgehead atoms. The van der Waals surface area contributed by atoms with Crippen molar-refractivity contribution in [1.29, 1.82) is 0 Å². The Kier molecular flexibility index (Phi) is 6.16. The van der Waals surface area contributed by atoms with Gasteiger partial charge in [0, 0.05) is 29.5 Å². The number of carbonyl (C=O) groups is 2. The Labute approximate surface area is 166 Å². The molecule has 2 N–H and O–H groups in total. The molecular weight excluding hydrogens is 374 g/mol. The van der Waals surface area contributed by atoms with E-state index in [0.29, 0.717) is 22.6 Å². The summed E-state index contributed by atoms with van der Waals surface area (Å²) in [6.45, 7) is 0.284. The molecule has 0 saturated heterocycles. The summed E-state index contributed by atoms with van der Waals surface area (Å²) in [6.07, 6.45) is 4.30. The Morgan fingerprint density at radius 1 is 1.07 bits per heavy atom. The van der Waals surface area contributed by atoms with E-state index >= 15 is 0 Å². The van der Waals surface area contributed by atoms with Crippen LogP contribution in [0.1, 0.15) is 21.7 Å². The van der Waals surface area contributed by atoms with Gasteiger partial charge in [0.1, 0.15) is 5.76 Å². The summed E-state index contributed by atoms with van der Waals surface area (Å²) >= 11 is 0. The van der Waals surface area contributed by atoms with E-state index in [0.717, 1.165) is 0 Å². The maximum absolute atomic E-state index is 12.1. The number of nitrogens with one attached hydrogen (secondary N) is 2. The zero-order valence-electron chi connectivity index (χ0n) is 15.2. The summed E-state index contributed by atoms with van der Waals surface area (Å²) in [5.41, 5.74) is 1.45. The lowest BCUT2D eigenvalue weighted by Gasteiger charge is -2.06. The van der Waals surface area contributed by atoms with Gasteiger partial charge in [0.15, 0.2) is 0 Å². The van der Waals surface area contributed by atoms with Crippen LogP contribution in [0.25, 0.3) is 6.08 Å². The molecule has 0 unspecified atom stereocenters. The standard InChI is InChI=1S/C21H17N3O5/c25-20(11-6-15-3-1-4-18(13-15)24(27)28)23-17-9-7-16(8-10-17)21(26)22-14-19-5-2-12-29-19/h1-13H,14H2,(H,22,26)(H,23,25)/b11-6+. The molecule has 1 aromatic heterocycles. The number of nitrogens with zero attached hydrogens (tertiary/aromatic N) is 1. The Morgan fingerprint density at radius 3 is 2.55 bits per heavy atom. The molecule has 2 amide bonds. The van der Waals surface area contributed by atoms with Gasteiger partial charge >= 0.3 is 0 Å². The van der Waals surface area contributed by atoms with Gasteiger partial charge in [-0.1, -0.05) is 12.1 Å². The molecule has 146 valence electrons. The Hall–Kier alpha value is -4.20. The maximum atomic E-state index is 12.1. The van der Waals surface area contributed by atoms with Gasteiger partial charge in [-0.2, -0.15) is 0 Å². The van der Waals surface area contributed by atoms with Gasteiger partial charge in [-0.25, -0.2) is 0 Å². The van der Waals surface area contributed by atoms with Crippen molar-refractivity contribution in [3.8, 4) is 0 Å². The number of benzene rings is 2. The molecule has 0 aliphatic rings. The fraction of sp³-hybridized carbons (Fsp3) is 0.0476. The van der Waals surface area contributed by atoms with Crippen molar-refractivity contribution in [2.75, 3.05) is 5.32 Å². The van der Waals surface area contributed by atoms with Crippen molar-refractivity contribution in [2.45, 2.75) is 6.54 Å². The first-order valence-corrected chi connectivity index (χ1v) is 8.65. The number of anilines is 1. The second-order valence-corrected chi connectivity index (χ2v) is 6.01. The number of hydrogen-bond donors (Lipinski definition) is 2. The van der Waals surface area contributed by atoms with E-state index in [4.69, 9.17) is 4.42 Å². The van der Waals surface area contributed by atoms with Gasteiger partial charge in [-0.05, 0) is 48.0 Å². The topological polar surface area (TPSA) is 114 Å². The number of amides is 2. The third kappa shape index (κ3) is 5.64. The minimum atomic E-state index is -0.496. The SMILES string of the molecule is O=C(/C=C/c1cccc([N+](=O)[O-])c1)Nc1ccc(C(=O)NCc2ccco2)cc1. The van der Waals surface area contributed by atoms with Crippen LogP contribution in [0.2, 0.25) is 0 Å². The Morgan fingerprint density at radius 2 is 1.86 bits per heavy atom. The van der Waals surface area contributed by atoms with Crippen LogP contribution in [0, 0.1) is 10.1 Å². The molecule has 0 spiro atoms. The number of nitro groups is 1. The van der Waals surface area contributed by atoms with E-state index in [1.807, 2.05) is 0 Å². The lowest BCUT2D eigenvalue weighted by molar-refractivity contribution is -0.384. The van der Waals surface area contributed by atoms with E-state index in [-0.39, 0.29) is 18.1 Å². The summed E-state index contributed by atoms with van der Waals surface area (Å²) in [5, 5.41) is 16.2. The second kappa shape index (κ2) is 9.14. The molecule has 2 aromatic carbocycles. The molecule has 0 atom stereocenters. The minimum Gasteiger partial charge on any atom is -0.467 e. The van der Waals surface area contributed by atoms with Crippen molar-refractivity contribution in [3.63, 3.8) is 0 Å². The van der Waals surface area contributed by atoms with Gasteiger partial charge in [0.2, 0.25) is 5.91 Å². The predicted molar refractivity (Wildman–Crippen MR) is 107 cm³/mol. The number of nitro benzene ring substituents is 1. The molecule has 1 heterocycles. The fourth-order valence-electron chi connectivity index (χ4n) is 2.49. The highest BCUT2D eigenvalue weighted by atomic mass is 16.6. The van der Waals surface area contributed by atoms with Crippen molar-refractivity contribution in [3.05, 3.63) is 100 Å². The summed E-state index contributed by atoms with van der Waals surface area (Å²) in [4.78, 5) is 34.4. The second-order valence-electron chi connectivity index (χ2n) is 6.01. The van der Waals surface area contributed by atoms with Crippen LogP contribution >= 0.6 is 0 Å². The molecule has 0 saturated carbocycles. The number of hydrogen-bond acceptors (Lipinski definition) is 5. The summed E-state index contributed by atoms with van der Waals surface area (Å²) in [5.74, 6) is -0.00543. The number of furan rings is 1. The van der Waals surface area contributed by atoms with Crippen LogP contribution in [-0.4, -0.2) is 16.7 Å². The van der Waals surface area contributed by atoms with Gasteiger partial charge in [0.25, 0.3) is 11.6 Å². The quantitative estimate of drug-likeness (QED) is 0.361. The normalized spacial score (nSPS) is 10.6. The van der Waals surface area contributed by atoms with E-state index in [9.17, 15) is 19.7 Å². The summed E-state index contributed by atoms with van der Waals surface area (Å²) < 4.78 is 5.15. The van der Waals surface area contributed by atoms with Crippen LogP contribution in [0.5, 0.6) is 0 Å². The fourth-order valence-corrected chi connectivity index (χ4v) is 2.49. The molecular formula is C21H17N3O5. The predicted octanol–water partition coefficient (Wildman–Crippen LogP) is 3.77. The highest BCUT2D eigenvalue weighted by Crippen LogP contribution is 2.15. The lowest BCUT2D eigenvalue weighted by atomic mass is 10.2. The third-order valence-electron chi connectivity index (χ3n) is 3.93. The van der Waals surface area contributed by atoms with Crippen molar-refractivity contribution >= 4 is 29.3 Å². The number of non-ortho nitro benzene ring substituents is 1. The highest BCUT2D eigenvalue weighted by molar-refractivity contribution is 6.02. The summed E-state index contributed by atoms with van der Waals surface area (Å²) in [6, 6.07) is 15.9. The Balaban J connectivity index is 1.54. The lowest BCUT2D eigenvalue weighted by Crippen LogP contribution is -2.22. The number of rotatable bonds is 7. The Bertz CT molecular complexity index is 1040. The van der Waals surface area contributed by atoms with Crippen molar-refractivity contribution < 1.29 is 18.9 Å². The van der Waals surface area contributed by atoms with E-state index in [1.165, 1.54) is 30.5 Å². The first-order chi connectivity index (χ1) is 14.0. The van der Waals surface area contributed by atoms with Gasteiger partial charge in [0.05, 0.1) is 17.7 Å². The molecule has 8 heteroatoms. The first-order valence-electron chi connectivity index (χ1n) is 8.65. The zero-order valence-corrected chi connectivity index (χ0v) is 15.2. The molecule has 0 aliphatic carbocycles. The summed E-state index contributed by atoms with van der Waals surface area (Å²) in [7, 11) is 0. The van der Waals surface area contributed by atoms with Crippen LogP contribution in [0.4, 0.5) is 11.4 Å². The van der Waals surface area contributed by atoms with E-state index < -0.39 is 10.8 Å². The molecule has 0 aliphatic heterocycles. The van der Waals surface area contributed by atoms with Gasteiger partial charge < -0.3 is 15.1 Å². The average molecular weight is 391 g/mol. The van der Waals surface area contributed by atoms with Crippen molar-refractivity contribution in [1.82, 2.24) is 5.32 Å². The van der Waals surface area contributed by atoms with E-state index in [2.05, 4.69) is 10.6 Å². The molecule has 3 rings (SSSR count). The molecule has 8 nitrogen and oxygen atoms in total. The van der Waals surface area contributed by atoms with Crippen LogP contribution in [-0.2, 0) is 11.3 Å². The van der Waals surface area contributed by atoms with Crippen LogP contribution in [0.3, 0.4) is 0 Å². The molecule has 29 heavy (non-hydrogen) atoms. The van der Waals surface area contributed by atoms with E-state index in [1.54, 1.807) is 48.5 Å². The smallest absolute Gasteiger partial charge is 0.270 e. The van der Waals surface area contributed by atoms with Crippen LogP contribution in [0.15, 0.2) is 77.4 Å². The molecule has 0 fully saturated rings. The third-order valence-corrected chi connectivity index (χ3v) is 3.93.